The van der Waals surface area contributed by atoms with Crippen molar-refractivity contribution in [2.45, 2.75) is 13.5 Å². The lowest BCUT2D eigenvalue weighted by molar-refractivity contribution is 0.339. The quantitative estimate of drug-likeness (QED) is 0.878. The van der Waals surface area contributed by atoms with Crippen LogP contribution < -0.4 is 15.2 Å². The zero-order chi connectivity index (χ0) is 12.8. The molecule has 0 saturated heterocycles. The Bertz CT molecular complexity index is 497. The highest BCUT2D eigenvalue weighted by molar-refractivity contribution is 5.33. The van der Waals surface area contributed by atoms with Crippen LogP contribution in [0.15, 0.2) is 42.5 Å². The van der Waals surface area contributed by atoms with Gasteiger partial charge in [0.15, 0.2) is 0 Å². The summed E-state index contributed by atoms with van der Waals surface area (Å²) in [6, 6.07) is 13.0. The van der Waals surface area contributed by atoms with E-state index in [2.05, 4.69) is 4.98 Å². The predicted molar refractivity (Wildman–Crippen MR) is 69.8 cm³/mol. The number of benzene rings is 1. The third-order valence-electron chi connectivity index (χ3n) is 2.35. The van der Waals surface area contributed by atoms with Crippen LogP contribution in [0.3, 0.4) is 0 Å². The van der Waals surface area contributed by atoms with Crippen LogP contribution in [0, 0.1) is 0 Å². The fourth-order valence-corrected chi connectivity index (χ4v) is 1.52. The molecule has 1 aromatic heterocycles. The van der Waals surface area contributed by atoms with E-state index in [4.69, 9.17) is 15.2 Å². The molecule has 1 heterocycles. The van der Waals surface area contributed by atoms with Crippen molar-refractivity contribution in [3.63, 3.8) is 0 Å². The molecule has 0 fully saturated rings. The zero-order valence-electron chi connectivity index (χ0n) is 10.3. The second-order valence-corrected chi connectivity index (χ2v) is 3.68. The maximum atomic E-state index is 5.63. The van der Waals surface area contributed by atoms with Gasteiger partial charge in [-0.15, -0.1) is 0 Å². The fourth-order valence-electron chi connectivity index (χ4n) is 1.52. The third kappa shape index (κ3) is 3.21. The second kappa shape index (κ2) is 6.02. The van der Waals surface area contributed by atoms with Crippen LogP contribution in [-0.4, -0.2) is 11.6 Å². The van der Waals surface area contributed by atoms with Gasteiger partial charge in [0, 0.05) is 12.6 Å². The minimum absolute atomic E-state index is 0.403. The average Bonchev–Trinajstić information content (AvgIpc) is 2.42. The fraction of sp³-hybridized carbons (Fsp3) is 0.214. The summed E-state index contributed by atoms with van der Waals surface area (Å²) in [5, 5.41) is 0. The van der Waals surface area contributed by atoms with Crippen molar-refractivity contribution in [1.82, 2.24) is 4.98 Å². The Labute approximate surface area is 106 Å². The molecular formula is C14H16N2O2. The van der Waals surface area contributed by atoms with Crippen molar-refractivity contribution >= 4 is 0 Å². The van der Waals surface area contributed by atoms with Gasteiger partial charge in [-0.05, 0) is 37.3 Å². The van der Waals surface area contributed by atoms with E-state index in [0.29, 0.717) is 19.0 Å². The third-order valence-corrected chi connectivity index (χ3v) is 2.35. The molecule has 0 radical (unpaired) electrons. The van der Waals surface area contributed by atoms with Crippen molar-refractivity contribution in [3.8, 4) is 17.4 Å². The van der Waals surface area contributed by atoms with E-state index in [1.165, 1.54) is 0 Å². The number of pyridine rings is 1. The van der Waals surface area contributed by atoms with E-state index in [9.17, 15) is 0 Å². The summed E-state index contributed by atoms with van der Waals surface area (Å²) < 4.78 is 11.0. The van der Waals surface area contributed by atoms with E-state index >= 15 is 0 Å². The standard InChI is InChI=1S/C14H16N2O2/c1-2-17-12-6-8-13(9-7-12)18-14-5-3-4-11(10-15)16-14/h3-9H,2,10,15H2,1H3. The highest BCUT2D eigenvalue weighted by Crippen LogP contribution is 2.22. The van der Waals surface area contributed by atoms with E-state index in [1.807, 2.05) is 43.3 Å². The Kier molecular flexibility index (Phi) is 4.15. The first-order chi connectivity index (χ1) is 8.81. The molecule has 0 aliphatic heterocycles. The summed E-state index contributed by atoms with van der Waals surface area (Å²) in [5.41, 5.74) is 6.33. The molecule has 0 atom stereocenters. The van der Waals surface area contributed by atoms with Gasteiger partial charge in [0.25, 0.3) is 0 Å². The first-order valence-corrected chi connectivity index (χ1v) is 5.88. The monoisotopic (exact) mass is 244 g/mol. The molecule has 4 heteroatoms. The van der Waals surface area contributed by atoms with E-state index in [-0.39, 0.29) is 0 Å². The summed E-state index contributed by atoms with van der Waals surface area (Å²) >= 11 is 0. The van der Waals surface area contributed by atoms with E-state index in [0.717, 1.165) is 17.2 Å². The summed E-state index contributed by atoms with van der Waals surface area (Å²) in [7, 11) is 0. The van der Waals surface area contributed by atoms with Gasteiger partial charge in [-0.2, -0.15) is 0 Å². The molecule has 2 N–H and O–H groups in total. The van der Waals surface area contributed by atoms with Crippen LogP contribution >= 0.6 is 0 Å². The van der Waals surface area contributed by atoms with Crippen LogP contribution in [0.5, 0.6) is 17.4 Å². The molecule has 1 aromatic carbocycles. The van der Waals surface area contributed by atoms with Gasteiger partial charge in [-0.1, -0.05) is 6.07 Å². The second-order valence-electron chi connectivity index (χ2n) is 3.68. The Hall–Kier alpha value is -2.07. The molecular weight excluding hydrogens is 228 g/mol. The average molecular weight is 244 g/mol. The molecule has 2 aromatic rings. The van der Waals surface area contributed by atoms with Crippen LogP contribution in [0.25, 0.3) is 0 Å². The SMILES string of the molecule is CCOc1ccc(Oc2cccc(CN)n2)cc1. The molecule has 0 amide bonds. The van der Waals surface area contributed by atoms with Gasteiger partial charge in [-0.3, -0.25) is 0 Å². The van der Waals surface area contributed by atoms with Crippen molar-refractivity contribution in [1.29, 1.82) is 0 Å². The lowest BCUT2D eigenvalue weighted by Crippen LogP contribution is -2.00. The Morgan fingerprint density at radius 1 is 1.06 bits per heavy atom. The molecule has 4 nitrogen and oxygen atoms in total. The first-order valence-electron chi connectivity index (χ1n) is 5.88. The van der Waals surface area contributed by atoms with Crippen molar-refractivity contribution < 1.29 is 9.47 Å². The van der Waals surface area contributed by atoms with Gasteiger partial charge in [0.2, 0.25) is 5.88 Å². The first kappa shape index (κ1) is 12.4. The smallest absolute Gasteiger partial charge is 0.219 e. The van der Waals surface area contributed by atoms with Crippen LogP contribution in [-0.2, 0) is 6.54 Å². The molecule has 0 saturated carbocycles. The van der Waals surface area contributed by atoms with Crippen LogP contribution in [0.4, 0.5) is 0 Å². The van der Waals surface area contributed by atoms with E-state index in [1.54, 1.807) is 6.07 Å². The van der Waals surface area contributed by atoms with Gasteiger partial charge >= 0.3 is 0 Å². The number of hydrogen-bond donors (Lipinski definition) is 1. The molecule has 0 spiro atoms. The highest BCUT2D eigenvalue weighted by Gasteiger charge is 2.00. The molecule has 18 heavy (non-hydrogen) atoms. The number of nitrogens with two attached hydrogens (primary N) is 1. The highest BCUT2D eigenvalue weighted by atomic mass is 16.5. The van der Waals surface area contributed by atoms with E-state index < -0.39 is 0 Å². The normalized spacial score (nSPS) is 10.1. The van der Waals surface area contributed by atoms with Crippen molar-refractivity contribution in [3.05, 3.63) is 48.2 Å². The lowest BCUT2D eigenvalue weighted by atomic mass is 10.3. The van der Waals surface area contributed by atoms with Gasteiger partial charge in [-0.25, -0.2) is 4.98 Å². The Balaban J connectivity index is 2.08. The molecule has 2 rings (SSSR count). The van der Waals surface area contributed by atoms with Gasteiger partial charge in [0.1, 0.15) is 11.5 Å². The number of hydrogen-bond acceptors (Lipinski definition) is 4. The van der Waals surface area contributed by atoms with Gasteiger partial charge in [0.05, 0.1) is 12.3 Å². The Morgan fingerprint density at radius 3 is 2.44 bits per heavy atom. The topological polar surface area (TPSA) is 57.4 Å². The molecule has 0 aliphatic carbocycles. The maximum absolute atomic E-state index is 5.63. The molecule has 0 unspecified atom stereocenters. The summed E-state index contributed by atoms with van der Waals surface area (Å²) in [6.07, 6.45) is 0. The summed E-state index contributed by atoms with van der Waals surface area (Å²) in [4.78, 5) is 4.27. The molecule has 0 bridgehead atoms. The molecule has 0 aliphatic rings. The zero-order valence-corrected chi connectivity index (χ0v) is 10.3. The number of aromatic nitrogens is 1. The number of rotatable bonds is 5. The number of nitrogens with zero attached hydrogens (tertiary/aromatic N) is 1. The van der Waals surface area contributed by atoms with Crippen molar-refractivity contribution in [2.75, 3.05) is 6.61 Å². The summed E-state index contributed by atoms with van der Waals surface area (Å²) in [6.45, 7) is 3.01. The Morgan fingerprint density at radius 2 is 1.78 bits per heavy atom. The number of ether oxygens (including phenoxy) is 2. The van der Waals surface area contributed by atoms with Gasteiger partial charge < -0.3 is 15.2 Å². The molecule has 94 valence electrons. The largest absolute Gasteiger partial charge is 0.494 e. The lowest BCUT2D eigenvalue weighted by Gasteiger charge is -2.07. The van der Waals surface area contributed by atoms with Crippen molar-refractivity contribution in [2.24, 2.45) is 5.73 Å². The minimum Gasteiger partial charge on any atom is -0.494 e. The van der Waals surface area contributed by atoms with Crippen LogP contribution in [0.1, 0.15) is 12.6 Å². The predicted octanol–water partition coefficient (Wildman–Crippen LogP) is 2.73. The minimum atomic E-state index is 0.403. The summed E-state index contributed by atoms with van der Waals surface area (Å²) in [5.74, 6) is 2.09. The van der Waals surface area contributed by atoms with Crippen LogP contribution in [0.2, 0.25) is 0 Å². The maximum Gasteiger partial charge on any atom is 0.219 e.